The number of hydrogen-bond acceptors (Lipinski definition) is 3. The van der Waals surface area contributed by atoms with Crippen LogP contribution in [0.3, 0.4) is 0 Å². The van der Waals surface area contributed by atoms with Crippen molar-refractivity contribution in [2.75, 3.05) is 11.9 Å². The Bertz CT molecular complexity index is 902. The van der Waals surface area contributed by atoms with Gasteiger partial charge in [-0.05, 0) is 61.9 Å². The zero-order chi connectivity index (χ0) is 21.0. The molecule has 1 fully saturated rings. The summed E-state index contributed by atoms with van der Waals surface area (Å²) < 4.78 is 0. The van der Waals surface area contributed by atoms with E-state index < -0.39 is 17.4 Å². The Labute approximate surface area is 170 Å². The van der Waals surface area contributed by atoms with Gasteiger partial charge in [0, 0.05) is 23.9 Å². The third kappa shape index (κ3) is 4.47. The van der Waals surface area contributed by atoms with E-state index >= 15 is 0 Å². The standard InChI is InChI=1S/C23H26N2O4/c1-16-11-13-23(14-12-16,22(28)29)24-20(26)17-7-6-8-18(15-17)21(27)25(2)19-9-4-3-5-10-19/h3-10,15-16H,11-14H2,1-2H3,(H,24,26)(H,28,29). The number of nitrogens with one attached hydrogen (secondary N) is 1. The first-order valence-electron chi connectivity index (χ1n) is 9.81. The fourth-order valence-electron chi connectivity index (χ4n) is 3.69. The predicted molar refractivity (Wildman–Crippen MR) is 111 cm³/mol. The highest BCUT2D eigenvalue weighted by Gasteiger charge is 2.42. The molecule has 0 aromatic heterocycles. The second-order valence-electron chi connectivity index (χ2n) is 7.80. The van der Waals surface area contributed by atoms with Crippen molar-refractivity contribution in [2.45, 2.75) is 38.1 Å². The molecule has 152 valence electrons. The molecule has 2 aromatic rings. The summed E-state index contributed by atoms with van der Waals surface area (Å²) in [6.45, 7) is 2.09. The Balaban J connectivity index is 1.79. The average molecular weight is 394 g/mol. The molecule has 2 N–H and O–H groups in total. The maximum Gasteiger partial charge on any atom is 0.329 e. The molecule has 1 saturated carbocycles. The van der Waals surface area contributed by atoms with Crippen LogP contribution in [0.25, 0.3) is 0 Å². The van der Waals surface area contributed by atoms with Crippen LogP contribution in [0.1, 0.15) is 53.3 Å². The number of para-hydroxylation sites is 1. The molecule has 0 radical (unpaired) electrons. The zero-order valence-electron chi connectivity index (χ0n) is 16.7. The molecule has 0 saturated heterocycles. The molecule has 1 aliphatic carbocycles. The van der Waals surface area contributed by atoms with Crippen LogP contribution in [0.5, 0.6) is 0 Å². The van der Waals surface area contributed by atoms with Gasteiger partial charge >= 0.3 is 5.97 Å². The normalized spacial score (nSPS) is 21.2. The minimum absolute atomic E-state index is 0.245. The molecule has 0 atom stereocenters. The molecule has 0 aliphatic heterocycles. The predicted octanol–water partition coefficient (Wildman–Crippen LogP) is 3.73. The van der Waals surface area contributed by atoms with Gasteiger partial charge in [0.05, 0.1) is 0 Å². The molecule has 3 rings (SSSR count). The number of aliphatic carboxylic acids is 1. The third-order valence-electron chi connectivity index (χ3n) is 5.71. The van der Waals surface area contributed by atoms with Gasteiger partial charge in [0.15, 0.2) is 0 Å². The Hall–Kier alpha value is -3.15. The Kier molecular flexibility index (Phi) is 6.01. The van der Waals surface area contributed by atoms with Crippen molar-refractivity contribution in [2.24, 2.45) is 5.92 Å². The van der Waals surface area contributed by atoms with Crippen LogP contribution in [0.2, 0.25) is 0 Å². The molecule has 0 bridgehead atoms. The van der Waals surface area contributed by atoms with Crippen LogP contribution in [0, 0.1) is 5.92 Å². The van der Waals surface area contributed by atoms with Crippen molar-refractivity contribution in [3.05, 3.63) is 65.7 Å². The molecule has 1 aliphatic rings. The quantitative estimate of drug-likeness (QED) is 0.809. The van der Waals surface area contributed by atoms with E-state index in [9.17, 15) is 19.5 Å². The van der Waals surface area contributed by atoms with Gasteiger partial charge in [-0.15, -0.1) is 0 Å². The first-order valence-corrected chi connectivity index (χ1v) is 9.81. The fourth-order valence-corrected chi connectivity index (χ4v) is 3.69. The van der Waals surface area contributed by atoms with Crippen LogP contribution in [0.15, 0.2) is 54.6 Å². The van der Waals surface area contributed by atoms with Gasteiger partial charge in [-0.1, -0.05) is 31.2 Å². The number of anilines is 1. The highest BCUT2D eigenvalue weighted by atomic mass is 16.4. The van der Waals surface area contributed by atoms with E-state index in [0.717, 1.165) is 18.5 Å². The second kappa shape index (κ2) is 8.47. The van der Waals surface area contributed by atoms with E-state index in [1.807, 2.05) is 30.3 Å². The first-order chi connectivity index (χ1) is 13.8. The van der Waals surface area contributed by atoms with E-state index in [1.54, 1.807) is 25.2 Å². The lowest BCUT2D eigenvalue weighted by Gasteiger charge is -2.36. The summed E-state index contributed by atoms with van der Waals surface area (Å²) in [6.07, 6.45) is 2.33. The van der Waals surface area contributed by atoms with Crippen LogP contribution >= 0.6 is 0 Å². The van der Waals surface area contributed by atoms with Crippen molar-refractivity contribution >= 4 is 23.5 Å². The summed E-state index contributed by atoms with van der Waals surface area (Å²) in [6, 6.07) is 15.6. The number of amides is 2. The largest absolute Gasteiger partial charge is 0.480 e. The lowest BCUT2D eigenvalue weighted by atomic mass is 9.77. The summed E-state index contributed by atoms with van der Waals surface area (Å²) in [5, 5.41) is 12.5. The lowest BCUT2D eigenvalue weighted by molar-refractivity contribution is -0.146. The zero-order valence-corrected chi connectivity index (χ0v) is 16.7. The molecule has 6 heteroatoms. The monoisotopic (exact) mass is 394 g/mol. The maximum atomic E-state index is 12.8. The fraction of sp³-hybridized carbons (Fsp3) is 0.348. The van der Waals surface area contributed by atoms with Gasteiger partial charge in [0.25, 0.3) is 11.8 Å². The highest BCUT2D eigenvalue weighted by Crippen LogP contribution is 2.32. The number of carboxylic acids is 1. The second-order valence-corrected chi connectivity index (χ2v) is 7.80. The van der Waals surface area contributed by atoms with Crippen molar-refractivity contribution in [1.29, 1.82) is 0 Å². The van der Waals surface area contributed by atoms with Gasteiger partial charge in [-0.25, -0.2) is 4.79 Å². The minimum Gasteiger partial charge on any atom is -0.480 e. The van der Waals surface area contributed by atoms with E-state index in [1.165, 1.54) is 11.0 Å². The van der Waals surface area contributed by atoms with Crippen LogP contribution in [-0.4, -0.2) is 35.5 Å². The highest BCUT2D eigenvalue weighted by molar-refractivity contribution is 6.07. The molecular weight excluding hydrogens is 368 g/mol. The van der Waals surface area contributed by atoms with Gasteiger partial charge in [0.2, 0.25) is 0 Å². The van der Waals surface area contributed by atoms with Gasteiger partial charge < -0.3 is 15.3 Å². The van der Waals surface area contributed by atoms with Crippen LogP contribution < -0.4 is 10.2 Å². The van der Waals surface area contributed by atoms with Gasteiger partial charge in [-0.3, -0.25) is 9.59 Å². The minimum atomic E-state index is -1.25. The van der Waals surface area contributed by atoms with Crippen molar-refractivity contribution in [3.8, 4) is 0 Å². The lowest BCUT2D eigenvalue weighted by Crippen LogP contribution is -2.56. The molecule has 6 nitrogen and oxygen atoms in total. The number of rotatable bonds is 5. The summed E-state index contributed by atoms with van der Waals surface area (Å²) in [5.74, 6) is -1.27. The summed E-state index contributed by atoms with van der Waals surface area (Å²) in [4.78, 5) is 39.0. The number of carbonyl (C=O) groups is 3. The number of carboxylic acid groups (broad SMARTS) is 1. The third-order valence-corrected chi connectivity index (χ3v) is 5.71. The molecule has 29 heavy (non-hydrogen) atoms. The molecule has 2 aromatic carbocycles. The topological polar surface area (TPSA) is 86.7 Å². The smallest absolute Gasteiger partial charge is 0.329 e. The van der Waals surface area contributed by atoms with E-state index in [-0.39, 0.29) is 11.5 Å². The Morgan fingerprint density at radius 2 is 1.62 bits per heavy atom. The summed E-state index contributed by atoms with van der Waals surface area (Å²) >= 11 is 0. The number of hydrogen-bond donors (Lipinski definition) is 2. The van der Waals surface area contributed by atoms with Gasteiger partial charge in [0.1, 0.15) is 5.54 Å². The average Bonchev–Trinajstić information content (AvgIpc) is 2.75. The Morgan fingerprint density at radius 1 is 1.00 bits per heavy atom. The van der Waals surface area contributed by atoms with Crippen molar-refractivity contribution in [1.82, 2.24) is 5.32 Å². The molecule has 0 unspecified atom stereocenters. The van der Waals surface area contributed by atoms with E-state index in [4.69, 9.17) is 0 Å². The van der Waals surface area contributed by atoms with Crippen molar-refractivity contribution in [3.63, 3.8) is 0 Å². The summed E-state index contributed by atoms with van der Waals surface area (Å²) in [7, 11) is 1.67. The molecule has 0 heterocycles. The van der Waals surface area contributed by atoms with Gasteiger partial charge in [-0.2, -0.15) is 0 Å². The number of benzene rings is 2. The SMILES string of the molecule is CC1CCC(NC(=O)c2cccc(C(=O)N(C)c3ccccc3)c2)(C(=O)O)CC1. The van der Waals surface area contributed by atoms with Crippen LogP contribution in [0.4, 0.5) is 5.69 Å². The van der Waals surface area contributed by atoms with E-state index in [0.29, 0.717) is 24.3 Å². The Morgan fingerprint density at radius 3 is 2.24 bits per heavy atom. The number of carbonyl (C=O) groups excluding carboxylic acids is 2. The van der Waals surface area contributed by atoms with E-state index in [2.05, 4.69) is 12.2 Å². The van der Waals surface area contributed by atoms with Crippen molar-refractivity contribution < 1.29 is 19.5 Å². The number of nitrogens with zero attached hydrogens (tertiary/aromatic N) is 1. The molecule has 2 amide bonds. The first kappa shape index (κ1) is 20.6. The van der Waals surface area contributed by atoms with Crippen LogP contribution in [-0.2, 0) is 4.79 Å². The molecular formula is C23H26N2O4. The maximum absolute atomic E-state index is 12.8. The molecule has 0 spiro atoms. The summed E-state index contributed by atoms with van der Waals surface area (Å²) in [5.41, 5.74) is 0.139.